The molecule has 2 N–H and O–H groups in total. The summed E-state index contributed by atoms with van der Waals surface area (Å²) < 4.78 is 13.0. The Morgan fingerprint density at radius 3 is 2.40 bits per heavy atom. The highest BCUT2D eigenvalue weighted by atomic mass is 19.1. The predicted octanol–water partition coefficient (Wildman–Crippen LogP) is 3.25. The fourth-order valence-corrected chi connectivity index (χ4v) is 2.40. The topological polar surface area (TPSA) is 46.3 Å². The van der Waals surface area contributed by atoms with Gasteiger partial charge in [0.25, 0.3) is 0 Å². The first-order valence-corrected chi connectivity index (χ1v) is 7.30. The SMILES string of the molecule is CCCC(N)CC(=O)N(CC)C(C)c1ccc(F)cc1. The molecular formula is C16H25FN2O. The van der Waals surface area contributed by atoms with Crippen molar-refractivity contribution in [1.82, 2.24) is 4.90 Å². The van der Waals surface area contributed by atoms with Crippen LogP contribution in [0.15, 0.2) is 24.3 Å². The number of nitrogens with two attached hydrogens (primary N) is 1. The highest BCUT2D eigenvalue weighted by Crippen LogP contribution is 2.21. The normalized spacial score (nSPS) is 13.8. The van der Waals surface area contributed by atoms with Crippen molar-refractivity contribution in [3.05, 3.63) is 35.6 Å². The monoisotopic (exact) mass is 280 g/mol. The third-order valence-corrected chi connectivity index (χ3v) is 3.58. The van der Waals surface area contributed by atoms with Gasteiger partial charge in [0.05, 0.1) is 6.04 Å². The van der Waals surface area contributed by atoms with E-state index in [2.05, 4.69) is 6.92 Å². The third-order valence-electron chi connectivity index (χ3n) is 3.58. The summed E-state index contributed by atoms with van der Waals surface area (Å²) >= 11 is 0. The molecule has 0 spiro atoms. The van der Waals surface area contributed by atoms with Gasteiger partial charge in [-0.25, -0.2) is 4.39 Å². The highest BCUT2D eigenvalue weighted by molar-refractivity contribution is 5.77. The van der Waals surface area contributed by atoms with Gasteiger partial charge in [-0.15, -0.1) is 0 Å². The molecule has 2 unspecified atom stereocenters. The summed E-state index contributed by atoms with van der Waals surface area (Å²) in [6, 6.07) is 6.15. The van der Waals surface area contributed by atoms with Crippen molar-refractivity contribution in [3.8, 4) is 0 Å². The van der Waals surface area contributed by atoms with E-state index in [4.69, 9.17) is 5.73 Å². The number of hydrogen-bond acceptors (Lipinski definition) is 2. The molecule has 0 aliphatic heterocycles. The molecule has 0 radical (unpaired) electrons. The van der Waals surface area contributed by atoms with Crippen LogP contribution in [0.1, 0.15) is 51.6 Å². The van der Waals surface area contributed by atoms with Crippen molar-refractivity contribution in [3.63, 3.8) is 0 Å². The standard InChI is InChI=1S/C16H25FN2O/c1-4-6-15(18)11-16(20)19(5-2)12(3)13-7-9-14(17)10-8-13/h7-10,12,15H,4-6,11,18H2,1-3H3. The number of carbonyl (C=O) groups excluding carboxylic acids is 1. The molecule has 3 nitrogen and oxygen atoms in total. The van der Waals surface area contributed by atoms with Crippen LogP contribution in [0, 0.1) is 5.82 Å². The van der Waals surface area contributed by atoms with Crippen LogP contribution in [0.3, 0.4) is 0 Å². The van der Waals surface area contributed by atoms with Crippen LogP contribution in [0.5, 0.6) is 0 Å². The van der Waals surface area contributed by atoms with Crippen LogP contribution < -0.4 is 5.73 Å². The maximum atomic E-state index is 13.0. The van der Waals surface area contributed by atoms with Gasteiger partial charge in [0.15, 0.2) is 0 Å². The highest BCUT2D eigenvalue weighted by Gasteiger charge is 2.21. The van der Waals surface area contributed by atoms with Crippen molar-refractivity contribution in [2.45, 2.75) is 52.1 Å². The Kier molecular flexibility index (Phi) is 6.65. The van der Waals surface area contributed by atoms with Gasteiger partial charge in [-0.2, -0.15) is 0 Å². The van der Waals surface area contributed by atoms with Gasteiger partial charge in [0.1, 0.15) is 5.82 Å². The molecular weight excluding hydrogens is 255 g/mol. The molecule has 20 heavy (non-hydrogen) atoms. The fraction of sp³-hybridized carbons (Fsp3) is 0.562. The van der Waals surface area contributed by atoms with Crippen molar-refractivity contribution < 1.29 is 9.18 Å². The zero-order chi connectivity index (χ0) is 15.1. The molecule has 0 aliphatic rings. The number of benzene rings is 1. The Hall–Kier alpha value is -1.42. The molecule has 4 heteroatoms. The van der Waals surface area contributed by atoms with Crippen LogP contribution in [0.2, 0.25) is 0 Å². The molecule has 1 amide bonds. The van der Waals surface area contributed by atoms with Gasteiger partial charge < -0.3 is 10.6 Å². The second-order valence-electron chi connectivity index (χ2n) is 5.16. The summed E-state index contributed by atoms with van der Waals surface area (Å²) in [6.45, 7) is 6.59. The van der Waals surface area contributed by atoms with Crippen LogP contribution in [0.4, 0.5) is 4.39 Å². The largest absolute Gasteiger partial charge is 0.336 e. The van der Waals surface area contributed by atoms with Crippen molar-refractivity contribution in [2.75, 3.05) is 6.54 Å². The lowest BCUT2D eigenvalue weighted by molar-refractivity contribution is -0.133. The van der Waals surface area contributed by atoms with Crippen molar-refractivity contribution in [1.29, 1.82) is 0 Å². The van der Waals surface area contributed by atoms with Crippen LogP contribution >= 0.6 is 0 Å². The van der Waals surface area contributed by atoms with Crippen LogP contribution in [-0.2, 0) is 4.79 Å². The lowest BCUT2D eigenvalue weighted by atomic mass is 10.0. The summed E-state index contributed by atoms with van der Waals surface area (Å²) in [6.07, 6.45) is 2.20. The molecule has 0 fully saturated rings. The van der Waals surface area contributed by atoms with E-state index in [-0.39, 0.29) is 23.8 Å². The van der Waals surface area contributed by atoms with Crippen molar-refractivity contribution >= 4 is 5.91 Å². The third kappa shape index (κ3) is 4.60. The number of rotatable bonds is 7. The minimum Gasteiger partial charge on any atom is -0.336 e. The van der Waals surface area contributed by atoms with E-state index in [1.807, 2.05) is 13.8 Å². The van der Waals surface area contributed by atoms with E-state index in [0.717, 1.165) is 18.4 Å². The number of hydrogen-bond donors (Lipinski definition) is 1. The number of halogens is 1. The average Bonchev–Trinajstić information content (AvgIpc) is 2.40. The average molecular weight is 280 g/mol. The van der Waals surface area contributed by atoms with E-state index in [1.54, 1.807) is 17.0 Å². The second-order valence-corrected chi connectivity index (χ2v) is 5.16. The minimum atomic E-state index is -0.264. The zero-order valence-electron chi connectivity index (χ0n) is 12.6. The molecule has 0 bridgehead atoms. The first-order valence-electron chi connectivity index (χ1n) is 7.30. The fourth-order valence-electron chi connectivity index (χ4n) is 2.40. The number of nitrogens with zero attached hydrogens (tertiary/aromatic N) is 1. The molecule has 0 heterocycles. The van der Waals surface area contributed by atoms with E-state index in [1.165, 1.54) is 12.1 Å². The van der Waals surface area contributed by atoms with Gasteiger partial charge in [-0.1, -0.05) is 25.5 Å². The molecule has 112 valence electrons. The van der Waals surface area contributed by atoms with Gasteiger partial charge >= 0.3 is 0 Å². The van der Waals surface area contributed by atoms with Gasteiger partial charge in [0.2, 0.25) is 5.91 Å². The van der Waals surface area contributed by atoms with Gasteiger partial charge in [-0.05, 0) is 38.0 Å². The van der Waals surface area contributed by atoms with E-state index in [9.17, 15) is 9.18 Å². The van der Waals surface area contributed by atoms with Gasteiger partial charge in [-0.3, -0.25) is 4.79 Å². The molecule has 2 atom stereocenters. The second kappa shape index (κ2) is 8.00. The predicted molar refractivity (Wildman–Crippen MR) is 79.7 cm³/mol. The first kappa shape index (κ1) is 16.6. The van der Waals surface area contributed by atoms with Crippen LogP contribution in [-0.4, -0.2) is 23.4 Å². The number of carbonyl (C=O) groups is 1. The molecule has 0 aromatic heterocycles. The summed E-state index contributed by atoms with van der Waals surface area (Å²) in [4.78, 5) is 14.1. The first-order chi connectivity index (χ1) is 9.49. The quantitative estimate of drug-likeness (QED) is 0.833. The minimum absolute atomic E-state index is 0.0604. The molecule has 1 rings (SSSR count). The Morgan fingerprint density at radius 1 is 1.30 bits per heavy atom. The van der Waals surface area contributed by atoms with Crippen LogP contribution in [0.25, 0.3) is 0 Å². The summed E-state index contributed by atoms with van der Waals surface area (Å²) in [7, 11) is 0. The van der Waals surface area contributed by atoms with Gasteiger partial charge in [0, 0.05) is 19.0 Å². The maximum Gasteiger partial charge on any atom is 0.224 e. The molecule has 0 saturated carbocycles. The van der Waals surface area contributed by atoms with E-state index in [0.29, 0.717) is 13.0 Å². The Labute approximate surface area is 121 Å². The lowest BCUT2D eigenvalue weighted by Crippen LogP contribution is -2.37. The molecule has 1 aromatic carbocycles. The molecule has 0 aliphatic carbocycles. The van der Waals surface area contributed by atoms with E-state index >= 15 is 0 Å². The molecule has 1 aromatic rings. The summed E-state index contributed by atoms with van der Waals surface area (Å²) in [5.74, 6) is -0.203. The molecule has 0 saturated heterocycles. The smallest absolute Gasteiger partial charge is 0.224 e. The van der Waals surface area contributed by atoms with E-state index < -0.39 is 0 Å². The summed E-state index contributed by atoms with van der Waals surface area (Å²) in [5.41, 5.74) is 6.88. The zero-order valence-corrected chi connectivity index (χ0v) is 12.6. The number of amides is 1. The Bertz CT molecular complexity index is 419. The maximum absolute atomic E-state index is 13.0. The van der Waals surface area contributed by atoms with Crippen molar-refractivity contribution in [2.24, 2.45) is 5.73 Å². The Balaban J connectivity index is 2.73. The lowest BCUT2D eigenvalue weighted by Gasteiger charge is -2.29. The summed E-state index contributed by atoms with van der Waals surface area (Å²) in [5, 5.41) is 0. The Morgan fingerprint density at radius 2 is 1.90 bits per heavy atom.